The number of carbonyl (C=O) groups excluding carboxylic acids is 3. The van der Waals surface area contributed by atoms with Gasteiger partial charge in [-0.25, -0.2) is 0 Å². The molecular weight excluding hydrogens is 366 g/mol. The smallest absolute Gasteiger partial charge is 0.250 e. The lowest BCUT2D eigenvalue weighted by Gasteiger charge is -2.43. The summed E-state index contributed by atoms with van der Waals surface area (Å²) in [6, 6.07) is 12.3. The Morgan fingerprint density at radius 3 is 2.52 bits per heavy atom. The number of aromatic nitrogens is 1. The van der Waals surface area contributed by atoms with Crippen molar-refractivity contribution in [3.63, 3.8) is 0 Å². The second-order valence-electron chi connectivity index (χ2n) is 8.42. The molecule has 2 aliphatic rings. The van der Waals surface area contributed by atoms with E-state index in [2.05, 4.69) is 4.98 Å². The number of rotatable bonds is 3. The SMILES string of the molecule is CC1(C)CC(=O)C2=C(C1)N(c1ccccc1C(N)=O)C(=O)CC2c1ccccn1. The highest BCUT2D eigenvalue weighted by Gasteiger charge is 2.45. The summed E-state index contributed by atoms with van der Waals surface area (Å²) in [6.07, 6.45) is 2.76. The van der Waals surface area contributed by atoms with Crippen molar-refractivity contribution >= 4 is 23.3 Å². The van der Waals surface area contributed by atoms with Crippen molar-refractivity contribution in [3.05, 3.63) is 71.2 Å². The Hall–Kier alpha value is -3.28. The summed E-state index contributed by atoms with van der Waals surface area (Å²) in [7, 11) is 0. The largest absolute Gasteiger partial charge is 0.366 e. The summed E-state index contributed by atoms with van der Waals surface area (Å²) in [5, 5.41) is 0. The highest BCUT2D eigenvalue weighted by atomic mass is 16.2. The molecular formula is C23H23N3O3. The standard InChI is InChI=1S/C23H23N3O3/c1-23(2)12-18-21(19(27)13-23)15(16-8-5-6-10-25-16)11-20(28)26(18)17-9-4-3-7-14(17)22(24)29/h3-10,15H,11-13H2,1-2H3,(H2,24,29). The van der Waals surface area contributed by atoms with Crippen molar-refractivity contribution in [2.75, 3.05) is 4.90 Å². The topological polar surface area (TPSA) is 93.4 Å². The van der Waals surface area contributed by atoms with E-state index in [-0.39, 0.29) is 35.0 Å². The Kier molecular flexibility index (Phi) is 4.57. The van der Waals surface area contributed by atoms with E-state index in [9.17, 15) is 14.4 Å². The third-order valence-corrected chi connectivity index (χ3v) is 5.60. The van der Waals surface area contributed by atoms with Crippen LogP contribution in [0.15, 0.2) is 59.9 Å². The van der Waals surface area contributed by atoms with Crippen LogP contribution < -0.4 is 10.6 Å². The minimum absolute atomic E-state index is 0.0287. The van der Waals surface area contributed by atoms with Crippen molar-refractivity contribution in [1.29, 1.82) is 0 Å². The van der Waals surface area contributed by atoms with Gasteiger partial charge >= 0.3 is 0 Å². The molecule has 2 aromatic rings. The molecule has 0 saturated heterocycles. The van der Waals surface area contributed by atoms with Crippen LogP contribution in [-0.4, -0.2) is 22.6 Å². The number of Topliss-reactive ketones (excluding diaryl/α,β-unsaturated/α-hetero) is 1. The van der Waals surface area contributed by atoms with Crippen LogP contribution in [0, 0.1) is 5.41 Å². The molecule has 1 unspecified atom stereocenters. The van der Waals surface area contributed by atoms with E-state index in [0.29, 0.717) is 35.5 Å². The average Bonchev–Trinajstić information content (AvgIpc) is 2.67. The number of allylic oxidation sites excluding steroid dienone is 2. The van der Waals surface area contributed by atoms with E-state index in [1.165, 1.54) is 4.90 Å². The maximum Gasteiger partial charge on any atom is 0.250 e. The first-order valence-electron chi connectivity index (χ1n) is 9.67. The van der Waals surface area contributed by atoms with Crippen LogP contribution in [0.3, 0.4) is 0 Å². The van der Waals surface area contributed by atoms with Crippen molar-refractivity contribution in [2.24, 2.45) is 11.1 Å². The molecule has 4 rings (SSSR count). The molecule has 2 N–H and O–H groups in total. The second-order valence-corrected chi connectivity index (χ2v) is 8.42. The fourth-order valence-corrected chi connectivity index (χ4v) is 4.41. The molecule has 148 valence electrons. The molecule has 6 nitrogen and oxygen atoms in total. The van der Waals surface area contributed by atoms with E-state index in [1.54, 1.807) is 30.5 Å². The van der Waals surface area contributed by atoms with Gasteiger partial charge in [0.15, 0.2) is 5.78 Å². The molecule has 2 amide bonds. The molecule has 1 aliphatic carbocycles. The lowest BCUT2D eigenvalue weighted by Crippen LogP contribution is -2.44. The fraction of sp³-hybridized carbons (Fsp3) is 0.304. The van der Waals surface area contributed by atoms with E-state index in [4.69, 9.17) is 5.73 Å². The molecule has 1 aromatic carbocycles. The van der Waals surface area contributed by atoms with Crippen LogP contribution in [0.5, 0.6) is 0 Å². The summed E-state index contributed by atoms with van der Waals surface area (Å²) in [6.45, 7) is 4.03. The lowest BCUT2D eigenvalue weighted by molar-refractivity contribution is -0.121. The number of benzene rings is 1. The summed E-state index contributed by atoms with van der Waals surface area (Å²) < 4.78 is 0. The molecule has 1 aromatic heterocycles. The predicted octanol–water partition coefficient (Wildman–Crippen LogP) is 3.34. The van der Waals surface area contributed by atoms with E-state index in [1.807, 2.05) is 32.0 Å². The molecule has 1 atom stereocenters. The summed E-state index contributed by atoms with van der Waals surface area (Å²) in [5.74, 6) is -1.12. The number of nitrogens with two attached hydrogens (primary N) is 1. The normalized spacial score (nSPS) is 21.2. The molecule has 0 bridgehead atoms. The molecule has 0 radical (unpaired) electrons. The Balaban J connectivity index is 1.94. The molecule has 0 saturated carbocycles. The zero-order valence-corrected chi connectivity index (χ0v) is 16.5. The average molecular weight is 389 g/mol. The van der Waals surface area contributed by atoms with Crippen LogP contribution in [0.4, 0.5) is 5.69 Å². The number of para-hydroxylation sites is 1. The van der Waals surface area contributed by atoms with Gasteiger partial charge in [-0.15, -0.1) is 0 Å². The van der Waals surface area contributed by atoms with Crippen LogP contribution in [0.25, 0.3) is 0 Å². The van der Waals surface area contributed by atoms with Crippen LogP contribution in [0.2, 0.25) is 0 Å². The maximum atomic E-state index is 13.3. The van der Waals surface area contributed by atoms with Crippen molar-refractivity contribution in [2.45, 2.75) is 39.0 Å². The third-order valence-electron chi connectivity index (χ3n) is 5.60. The minimum Gasteiger partial charge on any atom is -0.366 e. The van der Waals surface area contributed by atoms with Gasteiger partial charge in [-0.05, 0) is 36.1 Å². The van der Waals surface area contributed by atoms with Crippen LogP contribution in [-0.2, 0) is 9.59 Å². The molecule has 0 fully saturated rings. The van der Waals surface area contributed by atoms with E-state index >= 15 is 0 Å². The molecule has 29 heavy (non-hydrogen) atoms. The Morgan fingerprint density at radius 2 is 1.83 bits per heavy atom. The number of amides is 2. The van der Waals surface area contributed by atoms with Gasteiger partial charge in [0.25, 0.3) is 5.91 Å². The maximum absolute atomic E-state index is 13.3. The number of hydrogen-bond donors (Lipinski definition) is 1. The molecule has 1 aliphatic heterocycles. The second kappa shape index (κ2) is 6.95. The van der Waals surface area contributed by atoms with Gasteiger partial charge in [-0.2, -0.15) is 0 Å². The summed E-state index contributed by atoms with van der Waals surface area (Å²) >= 11 is 0. The number of primary amides is 1. The van der Waals surface area contributed by atoms with Gasteiger partial charge in [-0.3, -0.25) is 24.3 Å². The van der Waals surface area contributed by atoms with Crippen LogP contribution in [0.1, 0.15) is 55.1 Å². The molecule has 6 heteroatoms. The predicted molar refractivity (Wildman–Crippen MR) is 109 cm³/mol. The molecule has 0 spiro atoms. The first-order chi connectivity index (χ1) is 13.8. The minimum atomic E-state index is -0.608. The summed E-state index contributed by atoms with van der Waals surface area (Å²) in [5.41, 5.74) is 7.97. The highest BCUT2D eigenvalue weighted by molar-refractivity contribution is 6.10. The number of pyridine rings is 1. The van der Waals surface area contributed by atoms with Crippen molar-refractivity contribution < 1.29 is 14.4 Å². The number of ketones is 1. The van der Waals surface area contributed by atoms with Crippen LogP contribution >= 0.6 is 0 Å². The van der Waals surface area contributed by atoms with E-state index in [0.717, 1.165) is 0 Å². The molecule has 2 heterocycles. The van der Waals surface area contributed by atoms with Crippen molar-refractivity contribution in [1.82, 2.24) is 4.98 Å². The Bertz CT molecular complexity index is 1040. The fourth-order valence-electron chi connectivity index (χ4n) is 4.41. The van der Waals surface area contributed by atoms with Gasteiger partial charge in [0.2, 0.25) is 5.91 Å². The number of nitrogens with zero attached hydrogens (tertiary/aromatic N) is 2. The first kappa shape index (κ1) is 19.1. The zero-order chi connectivity index (χ0) is 20.8. The van der Waals surface area contributed by atoms with Crippen molar-refractivity contribution in [3.8, 4) is 0 Å². The number of carbonyl (C=O) groups is 3. The monoisotopic (exact) mass is 389 g/mol. The Morgan fingerprint density at radius 1 is 1.10 bits per heavy atom. The van der Waals surface area contributed by atoms with E-state index < -0.39 is 5.91 Å². The number of hydrogen-bond acceptors (Lipinski definition) is 4. The highest BCUT2D eigenvalue weighted by Crippen LogP contribution is 2.48. The Labute approximate surface area is 169 Å². The lowest BCUT2D eigenvalue weighted by atomic mass is 9.70. The van der Waals surface area contributed by atoms with Gasteiger partial charge in [0.05, 0.1) is 11.3 Å². The first-order valence-corrected chi connectivity index (χ1v) is 9.67. The van der Waals surface area contributed by atoms with Gasteiger partial charge in [-0.1, -0.05) is 32.0 Å². The third kappa shape index (κ3) is 3.35. The van der Waals surface area contributed by atoms with Gasteiger partial charge < -0.3 is 5.73 Å². The van der Waals surface area contributed by atoms with Gasteiger partial charge in [0, 0.05) is 41.9 Å². The van der Waals surface area contributed by atoms with Gasteiger partial charge in [0.1, 0.15) is 0 Å². The quantitative estimate of drug-likeness (QED) is 0.871. The summed E-state index contributed by atoms with van der Waals surface area (Å²) in [4.78, 5) is 44.5. The number of anilines is 1. The zero-order valence-electron chi connectivity index (χ0n) is 16.5.